The van der Waals surface area contributed by atoms with Crippen molar-refractivity contribution in [1.29, 1.82) is 0 Å². The summed E-state index contributed by atoms with van der Waals surface area (Å²) in [6.07, 6.45) is 8.60. The van der Waals surface area contributed by atoms with Crippen molar-refractivity contribution in [3.05, 3.63) is 16.7 Å². The van der Waals surface area contributed by atoms with Gasteiger partial charge in [0.25, 0.3) is 0 Å². The van der Waals surface area contributed by atoms with Crippen molar-refractivity contribution >= 4 is 12.2 Å². The van der Waals surface area contributed by atoms with E-state index in [0.29, 0.717) is 0 Å². The van der Waals surface area contributed by atoms with Crippen LogP contribution in [0.5, 0.6) is 0 Å². The minimum absolute atomic E-state index is 0.263. The quantitative estimate of drug-likeness (QED) is 0.703. The normalized spacial score (nSPS) is 21.0. The van der Waals surface area contributed by atoms with Gasteiger partial charge in [0.1, 0.15) is 0 Å². The number of hydrogen-bond donors (Lipinski definition) is 1. The first-order valence-corrected chi connectivity index (χ1v) is 5.82. The van der Waals surface area contributed by atoms with Gasteiger partial charge in [0.2, 0.25) is 0 Å². The minimum atomic E-state index is 0.263. The van der Waals surface area contributed by atoms with Gasteiger partial charge in [0, 0.05) is 17.4 Å². The van der Waals surface area contributed by atoms with Crippen LogP contribution in [0, 0.1) is 11.7 Å². The Labute approximate surface area is 90.3 Å². The van der Waals surface area contributed by atoms with Crippen LogP contribution in [0.2, 0.25) is 0 Å². The van der Waals surface area contributed by atoms with E-state index < -0.39 is 0 Å². The molecule has 1 heterocycles. The summed E-state index contributed by atoms with van der Waals surface area (Å²) in [5.74, 6) is 0. The van der Waals surface area contributed by atoms with Crippen LogP contribution in [0.3, 0.4) is 0 Å². The molecule has 0 aliphatic heterocycles. The van der Waals surface area contributed by atoms with E-state index in [1.165, 1.54) is 37.8 Å². The fraction of sp³-hybridized carbons (Fsp3) is 0.727. The van der Waals surface area contributed by atoms with Crippen molar-refractivity contribution < 1.29 is 0 Å². The predicted octanol–water partition coefficient (Wildman–Crippen LogP) is 3.53. The molecule has 1 aliphatic carbocycles. The number of rotatable bonds is 1. The van der Waals surface area contributed by atoms with E-state index in [4.69, 9.17) is 12.2 Å². The molecule has 0 amide bonds. The lowest BCUT2D eigenvalue weighted by Crippen LogP contribution is -2.33. The van der Waals surface area contributed by atoms with Crippen LogP contribution in [-0.2, 0) is 5.54 Å². The lowest BCUT2D eigenvalue weighted by Gasteiger charge is -2.36. The first-order chi connectivity index (χ1) is 6.63. The zero-order chi connectivity index (χ0) is 10.2. The molecule has 1 N–H and O–H groups in total. The van der Waals surface area contributed by atoms with Crippen molar-refractivity contribution in [2.75, 3.05) is 0 Å². The van der Waals surface area contributed by atoms with Crippen LogP contribution in [0.15, 0.2) is 6.20 Å². The number of aryl methyl sites for hydroxylation is 1. The maximum absolute atomic E-state index is 5.33. The average Bonchev–Trinajstić information content (AvgIpc) is 2.48. The largest absolute Gasteiger partial charge is 0.337 e. The van der Waals surface area contributed by atoms with Crippen LogP contribution in [-0.4, -0.2) is 9.55 Å². The van der Waals surface area contributed by atoms with Crippen molar-refractivity contribution in [2.45, 2.75) is 51.5 Å². The molecular weight excluding hydrogens is 192 g/mol. The number of nitrogens with one attached hydrogen (secondary N) is 1. The van der Waals surface area contributed by atoms with Crippen molar-refractivity contribution in [2.24, 2.45) is 0 Å². The highest BCUT2D eigenvalue weighted by Gasteiger charge is 2.29. The molecule has 0 saturated heterocycles. The monoisotopic (exact) mass is 210 g/mol. The fourth-order valence-corrected chi connectivity index (χ4v) is 3.09. The highest BCUT2D eigenvalue weighted by molar-refractivity contribution is 7.71. The fourth-order valence-electron chi connectivity index (χ4n) is 2.66. The smallest absolute Gasteiger partial charge is 0.177 e. The lowest BCUT2D eigenvalue weighted by atomic mass is 9.83. The maximum atomic E-state index is 5.33. The summed E-state index contributed by atoms with van der Waals surface area (Å²) in [7, 11) is 0. The zero-order valence-electron chi connectivity index (χ0n) is 8.97. The third-order valence-electron chi connectivity index (χ3n) is 3.43. The Hall–Kier alpha value is -0.570. The van der Waals surface area contributed by atoms with Gasteiger partial charge < -0.3 is 9.55 Å². The topological polar surface area (TPSA) is 20.7 Å². The second-order valence-corrected chi connectivity index (χ2v) is 5.01. The number of nitrogens with zero attached hydrogens (tertiary/aromatic N) is 1. The SMILES string of the molecule is Cc1c[nH]c(=S)n1C1(C)CCCCC1. The Morgan fingerprint density at radius 2 is 2.00 bits per heavy atom. The summed E-state index contributed by atoms with van der Waals surface area (Å²) in [5.41, 5.74) is 1.53. The Bertz CT molecular complexity index is 369. The molecule has 2 nitrogen and oxygen atoms in total. The van der Waals surface area contributed by atoms with Gasteiger partial charge in [-0.2, -0.15) is 0 Å². The average molecular weight is 210 g/mol. The minimum Gasteiger partial charge on any atom is -0.337 e. The first-order valence-electron chi connectivity index (χ1n) is 5.41. The van der Waals surface area contributed by atoms with E-state index in [1.807, 2.05) is 6.20 Å². The highest BCUT2D eigenvalue weighted by Crippen LogP contribution is 2.35. The van der Waals surface area contributed by atoms with Gasteiger partial charge in [0.05, 0.1) is 0 Å². The third kappa shape index (κ3) is 1.54. The second kappa shape index (κ2) is 3.54. The summed E-state index contributed by atoms with van der Waals surface area (Å²) in [4.78, 5) is 3.14. The summed E-state index contributed by atoms with van der Waals surface area (Å²) in [6, 6.07) is 0. The van der Waals surface area contributed by atoms with Gasteiger partial charge in [-0.15, -0.1) is 0 Å². The molecule has 1 aromatic rings. The van der Waals surface area contributed by atoms with Crippen molar-refractivity contribution in [3.63, 3.8) is 0 Å². The van der Waals surface area contributed by atoms with Gasteiger partial charge in [-0.3, -0.25) is 0 Å². The zero-order valence-corrected chi connectivity index (χ0v) is 9.78. The molecule has 0 aromatic carbocycles. The molecule has 78 valence electrons. The Kier molecular flexibility index (Phi) is 2.52. The van der Waals surface area contributed by atoms with E-state index in [1.54, 1.807) is 0 Å². The number of hydrogen-bond acceptors (Lipinski definition) is 1. The van der Waals surface area contributed by atoms with Crippen LogP contribution in [0.1, 0.15) is 44.7 Å². The standard InChI is InChI=1S/C11H18N2S/c1-9-8-12-10(14)13(9)11(2)6-4-3-5-7-11/h8H,3-7H2,1-2H3,(H,12,14). The molecule has 0 spiro atoms. The van der Waals surface area contributed by atoms with Gasteiger partial charge in [-0.05, 0) is 38.9 Å². The molecular formula is C11H18N2S. The molecule has 0 unspecified atom stereocenters. The predicted molar refractivity (Wildman–Crippen MR) is 61.1 cm³/mol. The van der Waals surface area contributed by atoms with Gasteiger partial charge in [-0.25, -0.2) is 0 Å². The molecule has 0 bridgehead atoms. The van der Waals surface area contributed by atoms with Crippen LogP contribution < -0.4 is 0 Å². The first kappa shape index (κ1) is 9.97. The summed E-state index contributed by atoms with van der Waals surface area (Å²) < 4.78 is 3.19. The number of H-pyrrole nitrogens is 1. The molecule has 0 radical (unpaired) electrons. The summed E-state index contributed by atoms with van der Waals surface area (Å²) in [5, 5.41) is 0. The van der Waals surface area contributed by atoms with Gasteiger partial charge in [0.15, 0.2) is 4.77 Å². The van der Waals surface area contributed by atoms with Gasteiger partial charge >= 0.3 is 0 Å². The summed E-state index contributed by atoms with van der Waals surface area (Å²) >= 11 is 5.33. The molecule has 14 heavy (non-hydrogen) atoms. The van der Waals surface area contributed by atoms with E-state index in [0.717, 1.165) is 4.77 Å². The van der Waals surface area contributed by atoms with Crippen LogP contribution >= 0.6 is 12.2 Å². The summed E-state index contributed by atoms with van der Waals surface area (Å²) in [6.45, 7) is 4.47. The van der Waals surface area contributed by atoms with Crippen molar-refractivity contribution in [3.8, 4) is 0 Å². The van der Waals surface area contributed by atoms with Crippen LogP contribution in [0.25, 0.3) is 0 Å². The highest BCUT2D eigenvalue weighted by atomic mass is 32.1. The van der Waals surface area contributed by atoms with E-state index >= 15 is 0 Å². The molecule has 1 saturated carbocycles. The number of aromatic nitrogens is 2. The number of imidazole rings is 1. The molecule has 1 aromatic heterocycles. The number of aromatic amines is 1. The van der Waals surface area contributed by atoms with E-state index in [9.17, 15) is 0 Å². The Morgan fingerprint density at radius 3 is 2.50 bits per heavy atom. The van der Waals surface area contributed by atoms with Crippen LogP contribution in [0.4, 0.5) is 0 Å². The Morgan fingerprint density at radius 1 is 1.36 bits per heavy atom. The lowest BCUT2D eigenvalue weighted by molar-refractivity contribution is 0.213. The Balaban J connectivity index is 2.41. The molecule has 2 rings (SSSR count). The second-order valence-electron chi connectivity index (χ2n) is 4.63. The van der Waals surface area contributed by atoms with E-state index in [2.05, 4.69) is 23.4 Å². The third-order valence-corrected chi connectivity index (χ3v) is 3.73. The van der Waals surface area contributed by atoms with Gasteiger partial charge in [-0.1, -0.05) is 19.3 Å². The molecule has 3 heteroatoms. The maximum Gasteiger partial charge on any atom is 0.177 e. The molecule has 0 atom stereocenters. The molecule has 1 aliphatic rings. The van der Waals surface area contributed by atoms with E-state index in [-0.39, 0.29) is 5.54 Å². The van der Waals surface area contributed by atoms with Crippen molar-refractivity contribution in [1.82, 2.24) is 9.55 Å². The molecule has 1 fully saturated rings.